The van der Waals surface area contributed by atoms with Crippen LogP contribution in [0.25, 0.3) is 0 Å². The Balaban J connectivity index is 1.99. The maximum Gasteiger partial charge on any atom is 0.224 e. The van der Waals surface area contributed by atoms with E-state index in [2.05, 4.69) is 24.3 Å². The van der Waals surface area contributed by atoms with Gasteiger partial charge in [-0.3, -0.25) is 9.48 Å². The zero-order chi connectivity index (χ0) is 14.9. The molecule has 112 valence electrons. The summed E-state index contributed by atoms with van der Waals surface area (Å²) in [6.45, 7) is 8.54. The average molecular weight is 277 g/mol. The van der Waals surface area contributed by atoms with Crippen LogP contribution in [0.3, 0.4) is 0 Å². The third kappa shape index (κ3) is 3.05. The highest BCUT2D eigenvalue weighted by atomic mass is 16.1. The highest BCUT2D eigenvalue weighted by Gasteiger charge is 2.28. The van der Waals surface area contributed by atoms with Gasteiger partial charge >= 0.3 is 0 Å². The fourth-order valence-corrected chi connectivity index (χ4v) is 3.28. The number of amides is 1. The summed E-state index contributed by atoms with van der Waals surface area (Å²) in [5, 5.41) is 7.61. The molecule has 4 nitrogen and oxygen atoms in total. The molecule has 3 atom stereocenters. The third-order valence-electron chi connectivity index (χ3n) is 5.05. The van der Waals surface area contributed by atoms with Crippen molar-refractivity contribution in [3.63, 3.8) is 0 Å². The second-order valence-corrected chi connectivity index (χ2v) is 6.39. The van der Waals surface area contributed by atoms with Crippen molar-refractivity contribution in [2.75, 3.05) is 0 Å². The Morgan fingerprint density at radius 2 is 2.05 bits per heavy atom. The molecule has 20 heavy (non-hydrogen) atoms. The first-order valence-corrected chi connectivity index (χ1v) is 7.68. The fourth-order valence-electron chi connectivity index (χ4n) is 3.28. The van der Waals surface area contributed by atoms with E-state index in [1.165, 1.54) is 12.8 Å². The number of carbonyl (C=O) groups excluding carboxylic acids is 1. The van der Waals surface area contributed by atoms with E-state index in [0.717, 1.165) is 23.4 Å². The van der Waals surface area contributed by atoms with Gasteiger partial charge in [0.15, 0.2) is 0 Å². The van der Waals surface area contributed by atoms with Crippen molar-refractivity contribution in [1.29, 1.82) is 0 Å². The Labute approximate surface area is 121 Å². The smallest absolute Gasteiger partial charge is 0.224 e. The molecule has 1 aromatic rings. The largest absolute Gasteiger partial charge is 0.353 e. The van der Waals surface area contributed by atoms with Crippen LogP contribution in [0.15, 0.2) is 0 Å². The summed E-state index contributed by atoms with van der Waals surface area (Å²) in [5.74, 6) is 1.41. The van der Waals surface area contributed by atoms with Gasteiger partial charge in [0.1, 0.15) is 0 Å². The van der Waals surface area contributed by atoms with Crippen molar-refractivity contribution in [2.24, 2.45) is 18.9 Å². The van der Waals surface area contributed by atoms with Gasteiger partial charge in [-0.25, -0.2) is 0 Å². The summed E-state index contributed by atoms with van der Waals surface area (Å²) >= 11 is 0. The maximum atomic E-state index is 12.3. The predicted octanol–water partition coefficient (Wildman–Crippen LogP) is 2.52. The van der Waals surface area contributed by atoms with Gasteiger partial charge < -0.3 is 5.32 Å². The molecule has 1 saturated carbocycles. The first-order chi connectivity index (χ1) is 9.40. The molecule has 3 unspecified atom stereocenters. The average Bonchev–Trinajstić information content (AvgIpc) is 2.62. The minimum Gasteiger partial charge on any atom is -0.353 e. The molecule has 0 aliphatic heterocycles. The maximum absolute atomic E-state index is 12.3. The zero-order valence-electron chi connectivity index (χ0n) is 13.4. The minimum absolute atomic E-state index is 0.134. The van der Waals surface area contributed by atoms with Gasteiger partial charge in [0.05, 0.1) is 12.1 Å². The number of rotatable bonds is 3. The van der Waals surface area contributed by atoms with Crippen LogP contribution in [0.4, 0.5) is 0 Å². The Kier molecular flexibility index (Phi) is 4.51. The van der Waals surface area contributed by atoms with E-state index in [-0.39, 0.29) is 5.91 Å². The summed E-state index contributed by atoms with van der Waals surface area (Å²) < 4.78 is 1.85. The molecule has 1 aliphatic carbocycles. The van der Waals surface area contributed by atoms with Gasteiger partial charge in [0, 0.05) is 24.3 Å². The van der Waals surface area contributed by atoms with Gasteiger partial charge in [-0.1, -0.05) is 26.7 Å². The lowest BCUT2D eigenvalue weighted by Crippen LogP contribution is -2.44. The molecule has 4 heteroatoms. The normalized spacial score (nSPS) is 26.6. The van der Waals surface area contributed by atoms with Crippen molar-refractivity contribution >= 4 is 5.91 Å². The van der Waals surface area contributed by atoms with Crippen LogP contribution in [0.1, 0.15) is 50.1 Å². The van der Waals surface area contributed by atoms with E-state index >= 15 is 0 Å². The first-order valence-electron chi connectivity index (χ1n) is 7.68. The lowest BCUT2D eigenvalue weighted by molar-refractivity contribution is -0.121. The Hall–Kier alpha value is -1.32. The Bertz CT molecular complexity index is 492. The lowest BCUT2D eigenvalue weighted by Gasteiger charge is -2.34. The van der Waals surface area contributed by atoms with Crippen LogP contribution in [0.2, 0.25) is 0 Å². The standard InChI is InChI=1S/C16H27N3O/c1-10-7-6-8-15(11(10)2)17-16(20)9-14-12(3)18-19(5)13(14)4/h10-11,15H,6-9H2,1-5H3,(H,17,20). The summed E-state index contributed by atoms with van der Waals surface area (Å²) in [7, 11) is 1.93. The number of nitrogens with zero attached hydrogens (tertiary/aromatic N) is 2. The van der Waals surface area contributed by atoms with Gasteiger partial charge in [-0.2, -0.15) is 5.10 Å². The molecule has 1 fully saturated rings. The van der Waals surface area contributed by atoms with Gasteiger partial charge in [-0.15, -0.1) is 0 Å². The van der Waals surface area contributed by atoms with E-state index in [1.807, 2.05) is 25.6 Å². The second kappa shape index (κ2) is 5.98. The Morgan fingerprint density at radius 3 is 2.65 bits per heavy atom. The van der Waals surface area contributed by atoms with E-state index < -0.39 is 0 Å². The number of carbonyl (C=O) groups is 1. The van der Waals surface area contributed by atoms with Crippen LogP contribution in [0.5, 0.6) is 0 Å². The molecule has 1 heterocycles. The zero-order valence-corrected chi connectivity index (χ0v) is 13.4. The number of nitrogens with one attached hydrogen (secondary N) is 1. The molecule has 0 aromatic carbocycles. The van der Waals surface area contributed by atoms with Crippen molar-refractivity contribution < 1.29 is 4.79 Å². The van der Waals surface area contributed by atoms with Crippen LogP contribution in [-0.4, -0.2) is 21.7 Å². The molecular formula is C16H27N3O. The first kappa shape index (κ1) is 15.1. The highest BCUT2D eigenvalue weighted by Crippen LogP contribution is 2.29. The quantitative estimate of drug-likeness (QED) is 0.923. The lowest BCUT2D eigenvalue weighted by atomic mass is 9.78. The van der Waals surface area contributed by atoms with E-state index in [0.29, 0.717) is 24.3 Å². The molecule has 0 bridgehead atoms. The van der Waals surface area contributed by atoms with E-state index in [4.69, 9.17) is 0 Å². The predicted molar refractivity (Wildman–Crippen MR) is 80.5 cm³/mol. The molecule has 1 amide bonds. The van der Waals surface area contributed by atoms with Gasteiger partial charge in [0.2, 0.25) is 5.91 Å². The molecule has 2 rings (SSSR count). The molecule has 1 aliphatic rings. The fraction of sp³-hybridized carbons (Fsp3) is 0.750. The molecule has 0 spiro atoms. The summed E-state index contributed by atoms with van der Waals surface area (Å²) in [6, 6.07) is 0.337. The van der Waals surface area contributed by atoms with Crippen molar-refractivity contribution in [2.45, 2.75) is 59.4 Å². The highest BCUT2D eigenvalue weighted by molar-refractivity contribution is 5.79. The molecule has 1 N–H and O–H groups in total. The SMILES string of the molecule is Cc1nn(C)c(C)c1CC(=O)NC1CCCC(C)C1C. The van der Waals surface area contributed by atoms with Crippen LogP contribution >= 0.6 is 0 Å². The van der Waals surface area contributed by atoms with Crippen LogP contribution in [0, 0.1) is 25.7 Å². The molecular weight excluding hydrogens is 250 g/mol. The number of aryl methyl sites for hydroxylation is 2. The topological polar surface area (TPSA) is 46.9 Å². The number of aromatic nitrogens is 2. The summed E-state index contributed by atoms with van der Waals surface area (Å²) in [4.78, 5) is 12.3. The van der Waals surface area contributed by atoms with Crippen molar-refractivity contribution in [1.82, 2.24) is 15.1 Å². The molecule has 0 radical (unpaired) electrons. The Morgan fingerprint density at radius 1 is 1.35 bits per heavy atom. The van der Waals surface area contributed by atoms with Crippen LogP contribution < -0.4 is 5.32 Å². The molecule has 1 aromatic heterocycles. The number of hydrogen-bond donors (Lipinski definition) is 1. The van der Waals surface area contributed by atoms with Crippen molar-refractivity contribution in [3.05, 3.63) is 17.0 Å². The van der Waals surface area contributed by atoms with Crippen LogP contribution in [-0.2, 0) is 18.3 Å². The monoisotopic (exact) mass is 277 g/mol. The second-order valence-electron chi connectivity index (χ2n) is 6.39. The summed E-state index contributed by atoms with van der Waals surface area (Å²) in [5.41, 5.74) is 3.12. The number of hydrogen-bond acceptors (Lipinski definition) is 2. The van der Waals surface area contributed by atoms with E-state index in [1.54, 1.807) is 0 Å². The van der Waals surface area contributed by atoms with E-state index in [9.17, 15) is 4.79 Å². The van der Waals surface area contributed by atoms with Gasteiger partial charge in [-0.05, 0) is 32.1 Å². The third-order valence-corrected chi connectivity index (χ3v) is 5.05. The van der Waals surface area contributed by atoms with Crippen molar-refractivity contribution in [3.8, 4) is 0 Å². The van der Waals surface area contributed by atoms with Gasteiger partial charge in [0.25, 0.3) is 0 Å². The minimum atomic E-state index is 0.134. The summed E-state index contributed by atoms with van der Waals surface area (Å²) in [6.07, 6.45) is 4.07. The molecule has 0 saturated heterocycles.